The average molecular weight is 742 g/mol. The summed E-state index contributed by atoms with van der Waals surface area (Å²) in [5, 5.41) is 3.42. The fourth-order valence-corrected chi connectivity index (χ4v) is 6.56. The number of carbonyl (C=O) groups is 1. The first-order chi connectivity index (χ1) is 17.3. The second kappa shape index (κ2) is 10.8. The lowest BCUT2D eigenvalue weighted by Gasteiger charge is -2.12. The van der Waals surface area contributed by atoms with Gasteiger partial charge in [0.05, 0.1) is 18.6 Å². The van der Waals surface area contributed by atoms with Crippen LogP contribution in [0, 0.1) is 17.4 Å². The summed E-state index contributed by atoms with van der Waals surface area (Å²) >= 11 is 10.8. The Bertz CT molecular complexity index is 1410. The van der Waals surface area contributed by atoms with Gasteiger partial charge in [-0.15, -0.1) is 0 Å². The number of rotatable bonds is 5. The number of nitrogens with one attached hydrogen (secondary N) is 1. The Hall–Kier alpha value is -2.02. The quantitative estimate of drug-likeness (QED) is 0.215. The van der Waals surface area contributed by atoms with Gasteiger partial charge in [0.1, 0.15) is 12.4 Å². The van der Waals surface area contributed by atoms with Crippen LogP contribution < -0.4 is 19.5 Å². The lowest BCUT2D eigenvalue weighted by atomic mass is 10.1. The van der Waals surface area contributed by atoms with E-state index >= 15 is 0 Å². The predicted molar refractivity (Wildman–Crippen MR) is 158 cm³/mol. The van der Waals surface area contributed by atoms with Crippen molar-refractivity contribution >= 4 is 89.1 Å². The van der Waals surface area contributed by atoms with Gasteiger partial charge in [-0.25, -0.2) is 4.99 Å². The maximum absolute atomic E-state index is 12.6. The van der Waals surface area contributed by atoms with Crippen LogP contribution in [0.4, 0.5) is 5.69 Å². The number of aryl methyl sites for hydroxylation is 2. The Kier molecular flexibility index (Phi) is 7.66. The normalized spacial score (nSPS) is 16.6. The minimum atomic E-state index is -0.168. The van der Waals surface area contributed by atoms with E-state index in [1.54, 1.807) is 0 Å². The van der Waals surface area contributed by atoms with Crippen LogP contribution in [0.2, 0.25) is 0 Å². The van der Waals surface area contributed by atoms with Gasteiger partial charge in [0.15, 0.2) is 16.7 Å². The number of thioether (sulfide) groups is 1. The highest BCUT2D eigenvalue weighted by molar-refractivity contribution is 14.1. The topological polar surface area (TPSA) is 69.2 Å². The number of ether oxygens (including phenoxy) is 3. The lowest BCUT2D eigenvalue weighted by molar-refractivity contribution is -0.115. The Balaban J connectivity index is 1.31. The third kappa shape index (κ3) is 5.61. The fraction of sp³-hybridized carbons (Fsp3) is 0.154. The summed E-state index contributed by atoms with van der Waals surface area (Å²) in [6.07, 6.45) is 1.86. The van der Waals surface area contributed by atoms with E-state index in [0.29, 0.717) is 16.7 Å². The summed E-state index contributed by atoms with van der Waals surface area (Å²) in [4.78, 5) is 17.8. The summed E-state index contributed by atoms with van der Waals surface area (Å²) < 4.78 is 19.7. The molecule has 0 bridgehead atoms. The first-order valence-electron chi connectivity index (χ1n) is 10.8. The maximum atomic E-state index is 12.6. The Morgan fingerprint density at radius 2 is 1.86 bits per heavy atom. The molecule has 5 rings (SSSR count). The molecule has 3 aromatic carbocycles. The van der Waals surface area contributed by atoms with Gasteiger partial charge in [-0.1, -0.05) is 22.0 Å². The third-order valence-electron chi connectivity index (χ3n) is 5.44. The van der Waals surface area contributed by atoms with Gasteiger partial charge in [0.25, 0.3) is 5.91 Å². The van der Waals surface area contributed by atoms with Crippen molar-refractivity contribution in [3.63, 3.8) is 0 Å². The summed E-state index contributed by atoms with van der Waals surface area (Å²) in [6.45, 7) is 4.68. The van der Waals surface area contributed by atoms with Gasteiger partial charge in [-0.3, -0.25) is 4.79 Å². The molecule has 1 fully saturated rings. The number of benzene rings is 3. The van der Waals surface area contributed by atoms with Gasteiger partial charge >= 0.3 is 0 Å². The van der Waals surface area contributed by atoms with Gasteiger partial charge in [-0.2, -0.15) is 0 Å². The highest BCUT2D eigenvalue weighted by Crippen LogP contribution is 2.37. The van der Waals surface area contributed by atoms with Crippen molar-refractivity contribution in [1.29, 1.82) is 0 Å². The summed E-state index contributed by atoms with van der Waals surface area (Å²) in [5.74, 6) is 2.05. The van der Waals surface area contributed by atoms with Crippen LogP contribution in [0.3, 0.4) is 0 Å². The highest BCUT2D eigenvalue weighted by Gasteiger charge is 2.24. The van der Waals surface area contributed by atoms with Crippen LogP contribution in [-0.4, -0.2) is 17.9 Å². The number of halogens is 3. The Morgan fingerprint density at radius 1 is 1.11 bits per heavy atom. The molecular formula is C26H19Br2IN2O4S. The molecule has 6 nitrogen and oxygen atoms in total. The van der Waals surface area contributed by atoms with Gasteiger partial charge < -0.3 is 19.5 Å². The van der Waals surface area contributed by atoms with Gasteiger partial charge in [0.2, 0.25) is 6.79 Å². The molecule has 3 aromatic rings. The Labute approximate surface area is 243 Å². The zero-order valence-corrected chi connectivity index (χ0v) is 25.3. The molecule has 2 aliphatic rings. The molecule has 10 heteroatoms. The molecule has 0 atom stereocenters. The molecule has 2 aliphatic heterocycles. The molecule has 2 heterocycles. The largest absolute Gasteiger partial charge is 0.487 e. The molecule has 36 heavy (non-hydrogen) atoms. The van der Waals surface area contributed by atoms with Crippen molar-refractivity contribution in [3.8, 4) is 17.2 Å². The second-order valence-corrected chi connectivity index (χ2v) is 12.0. The standard InChI is InChI=1S/C26H19Br2IN2O4S/c1-13-5-17(6-14(2)23(13)28)30-26-31-25(32)22(36-26)10-16-7-18(27)24(19(29)8-16)33-11-15-3-4-20-21(9-15)35-12-34-20/h3-10H,11-12H2,1-2H3,(H,30,31,32)/b22-10-. The van der Waals surface area contributed by atoms with Crippen molar-refractivity contribution in [2.45, 2.75) is 20.5 Å². The number of hydrogen-bond acceptors (Lipinski definition) is 6. The second-order valence-electron chi connectivity index (χ2n) is 8.17. The minimum absolute atomic E-state index is 0.168. The van der Waals surface area contributed by atoms with Crippen molar-refractivity contribution in [1.82, 2.24) is 5.32 Å². The van der Waals surface area contributed by atoms with Crippen molar-refractivity contribution in [3.05, 3.63) is 82.1 Å². The number of amides is 1. The summed E-state index contributed by atoms with van der Waals surface area (Å²) in [6, 6.07) is 13.7. The molecule has 0 aliphatic carbocycles. The number of fused-ring (bicyclic) bond motifs is 1. The van der Waals surface area contributed by atoms with E-state index in [-0.39, 0.29) is 12.7 Å². The van der Waals surface area contributed by atoms with Crippen LogP contribution in [-0.2, 0) is 11.4 Å². The monoisotopic (exact) mass is 740 g/mol. The van der Waals surface area contributed by atoms with Crippen molar-refractivity contribution in [2.75, 3.05) is 6.79 Å². The Morgan fingerprint density at radius 3 is 2.61 bits per heavy atom. The van der Waals surface area contributed by atoms with E-state index in [1.807, 2.05) is 62.4 Å². The maximum Gasteiger partial charge on any atom is 0.264 e. The molecular weight excluding hydrogens is 723 g/mol. The molecule has 0 unspecified atom stereocenters. The van der Waals surface area contributed by atoms with E-state index in [9.17, 15) is 4.79 Å². The van der Waals surface area contributed by atoms with Crippen LogP contribution >= 0.6 is 66.2 Å². The van der Waals surface area contributed by atoms with E-state index in [2.05, 4.69) is 64.8 Å². The minimum Gasteiger partial charge on any atom is -0.487 e. The zero-order chi connectivity index (χ0) is 25.4. The molecule has 1 amide bonds. The van der Waals surface area contributed by atoms with Gasteiger partial charge in [0, 0.05) is 4.47 Å². The van der Waals surface area contributed by atoms with Crippen LogP contribution in [0.5, 0.6) is 17.2 Å². The number of hydrogen-bond donors (Lipinski definition) is 1. The highest BCUT2D eigenvalue weighted by atomic mass is 127. The molecule has 0 spiro atoms. The predicted octanol–water partition coefficient (Wildman–Crippen LogP) is 7.63. The third-order valence-corrected chi connectivity index (χ3v) is 8.99. The van der Waals surface area contributed by atoms with Crippen LogP contribution in [0.15, 0.2) is 61.3 Å². The van der Waals surface area contributed by atoms with E-state index in [0.717, 1.165) is 57.7 Å². The number of aliphatic imine (C=N–C) groups is 1. The molecule has 1 N–H and O–H groups in total. The smallest absolute Gasteiger partial charge is 0.264 e. The van der Waals surface area contributed by atoms with Gasteiger partial charge in [-0.05, 0) is 129 Å². The molecule has 184 valence electrons. The van der Waals surface area contributed by atoms with Crippen LogP contribution in [0.1, 0.15) is 22.3 Å². The molecule has 1 saturated heterocycles. The number of carbonyl (C=O) groups excluding carboxylic acids is 1. The SMILES string of the molecule is Cc1cc(N=C2NC(=O)/C(=C/c3cc(Br)c(OCc4ccc5c(c4)OCO5)c(I)c3)S2)cc(C)c1Br. The first-order valence-corrected chi connectivity index (χ1v) is 14.3. The zero-order valence-electron chi connectivity index (χ0n) is 19.2. The fourth-order valence-electron chi connectivity index (χ4n) is 3.72. The lowest BCUT2D eigenvalue weighted by Crippen LogP contribution is -2.19. The molecule has 0 saturated carbocycles. The van der Waals surface area contributed by atoms with Crippen molar-refractivity contribution < 1.29 is 19.0 Å². The molecule has 0 aromatic heterocycles. The summed E-state index contributed by atoms with van der Waals surface area (Å²) in [5.41, 5.74) is 4.86. The molecule has 0 radical (unpaired) electrons. The van der Waals surface area contributed by atoms with E-state index in [4.69, 9.17) is 14.2 Å². The number of amidine groups is 1. The van der Waals surface area contributed by atoms with Crippen molar-refractivity contribution in [2.24, 2.45) is 4.99 Å². The van der Waals surface area contributed by atoms with Crippen LogP contribution in [0.25, 0.3) is 6.08 Å². The number of nitrogens with zero attached hydrogens (tertiary/aromatic N) is 1. The van der Waals surface area contributed by atoms with E-state index < -0.39 is 0 Å². The van der Waals surface area contributed by atoms with E-state index in [1.165, 1.54) is 11.8 Å². The summed E-state index contributed by atoms with van der Waals surface area (Å²) in [7, 11) is 0. The first kappa shape index (κ1) is 25.6. The average Bonchev–Trinajstić information content (AvgIpc) is 3.42.